The van der Waals surface area contributed by atoms with Gasteiger partial charge in [-0.1, -0.05) is 12.1 Å². The second-order valence-electron chi connectivity index (χ2n) is 5.06. The van der Waals surface area contributed by atoms with Gasteiger partial charge < -0.3 is 4.74 Å². The van der Waals surface area contributed by atoms with Crippen molar-refractivity contribution >= 4 is 28.2 Å². The molecule has 0 atom stereocenters. The van der Waals surface area contributed by atoms with E-state index in [0.717, 1.165) is 5.56 Å². The molecule has 0 bridgehead atoms. The van der Waals surface area contributed by atoms with Crippen LogP contribution in [0.4, 0.5) is 0 Å². The molecule has 0 aliphatic carbocycles. The zero-order chi connectivity index (χ0) is 16.9. The van der Waals surface area contributed by atoms with Gasteiger partial charge in [0.1, 0.15) is 13.2 Å². The van der Waals surface area contributed by atoms with Gasteiger partial charge in [-0.3, -0.25) is 14.2 Å². The molecule has 1 aromatic carbocycles. The van der Waals surface area contributed by atoms with Crippen molar-refractivity contribution in [2.75, 3.05) is 0 Å². The van der Waals surface area contributed by atoms with Crippen molar-refractivity contribution in [2.24, 2.45) is 0 Å². The first kappa shape index (κ1) is 15.9. The minimum absolute atomic E-state index is 0.145. The lowest BCUT2D eigenvalue weighted by molar-refractivity contribution is -0.144. The maximum atomic E-state index is 12.5. The van der Waals surface area contributed by atoms with Crippen LogP contribution in [0, 0.1) is 11.3 Å². The van der Waals surface area contributed by atoms with Crippen LogP contribution >= 0.6 is 11.3 Å². The summed E-state index contributed by atoms with van der Waals surface area (Å²) in [5, 5.41) is 13.1. The van der Waals surface area contributed by atoms with Crippen LogP contribution in [0.5, 0.6) is 0 Å². The fraction of sp³-hybridized carbons (Fsp3) is 0.176. The first-order valence-electron chi connectivity index (χ1n) is 7.21. The summed E-state index contributed by atoms with van der Waals surface area (Å²) in [6, 6.07) is 10.7. The van der Waals surface area contributed by atoms with Gasteiger partial charge in [0.2, 0.25) is 0 Å². The van der Waals surface area contributed by atoms with E-state index in [1.54, 1.807) is 24.3 Å². The number of thiophene rings is 1. The molecule has 0 fully saturated rings. The van der Waals surface area contributed by atoms with Crippen molar-refractivity contribution in [3.05, 3.63) is 62.8 Å². The number of ether oxygens (including phenoxy) is 1. The maximum absolute atomic E-state index is 12.5. The molecule has 2 aromatic heterocycles. The molecule has 0 unspecified atom stereocenters. The first-order valence-corrected chi connectivity index (χ1v) is 8.15. The smallest absolute Gasteiger partial charge is 0.310 e. The van der Waals surface area contributed by atoms with Crippen molar-refractivity contribution in [2.45, 2.75) is 19.6 Å². The number of carbonyl (C=O) groups is 1. The molecule has 0 N–H and O–H groups in total. The number of carbonyl (C=O) groups excluding carboxylic acids is 1. The van der Waals surface area contributed by atoms with Crippen molar-refractivity contribution < 1.29 is 9.53 Å². The normalized spacial score (nSPS) is 10.5. The van der Waals surface area contributed by atoms with Crippen LogP contribution in [0.2, 0.25) is 0 Å². The molecule has 3 rings (SSSR count). The topological polar surface area (TPSA) is 85.0 Å². The van der Waals surface area contributed by atoms with E-state index in [1.807, 2.05) is 22.9 Å². The zero-order valence-corrected chi connectivity index (χ0v) is 13.5. The number of benzene rings is 1. The van der Waals surface area contributed by atoms with Crippen molar-refractivity contribution in [3.63, 3.8) is 0 Å². The zero-order valence-electron chi connectivity index (χ0n) is 12.6. The third-order valence-electron chi connectivity index (χ3n) is 3.46. The molecule has 0 aliphatic rings. The third kappa shape index (κ3) is 3.34. The Bertz CT molecular complexity index is 971. The van der Waals surface area contributed by atoms with Crippen LogP contribution in [0.3, 0.4) is 0 Å². The molecule has 0 spiro atoms. The van der Waals surface area contributed by atoms with Crippen molar-refractivity contribution in [1.29, 1.82) is 5.26 Å². The Kier molecular flexibility index (Phi) is 4.68. The molecular formula is C17H13N3O3S. The Morgan fingerprint density at radius 3 is 2.92 bits per heavy atom. The highest BCUT2D eigenvalue weighted by molar-refractivity contribution is 7.07. The van der Waals surface area contributed by atoms with E-state index in [9.17, 15) is 9.59 Å². The molecule has 0 amide bonds. The Morgan fingerprint density at radius 1 is 1.33 bits per heavy atom. The monoisotopic (exact) mass is 339 g/mol. The van der Waals surface area contributed by atoms with Crippen LogP contribution in [0.15, 0.2) is 45.9 Å². The molecule has 6 nitrogen and oxygen atoms in total. The predicted molar refractivity (Wildman–Crippen MR) is 89.4 cm³/mol. The number of nitrogens with zero attached hydrogens (tertiary/aromatic N) is 3. The first-order chi connectivity index (χ1) is 11.7. The van der Waals surface area contributed by atoms with E-state index in [0.29, 0.717) is 10.9 Å². The quantitative estimate of drug-likeness (QED) is 0.666. The number of nitriles is 1. The Morgan fingerprint density at radius 2 is 2.17 bits per heavy atom. The van der Waals surface area contributed by atoms with E-state index >= 15 is 0 Å². The van der Waals surface area contributed by atoms with E-state index in [4.69, 9.17) is 10.00 Å². The van der Waals surface area contributed by atoms with Crippen LogP contribution in [-0.4, -0.2) is 15.5 Å². The molecule has 0 saturated carbocycles. The molecule has 3 aromatic rings. The fourth-order valence-corrected chi connectivity index (χ4v) is 2.98. The van der Waals surface area contributed by atoms with Gasteiger partial charge in [-0.05, 0) is 34.5 Å². The lowest BCUT2D eigenvalue weighted by Gasteiger charge is -2.11. The van der Waals surface area contributed by atoms with Crippen LogP contribution in [0.1, 0.15) is 11.4 Å². The molecular weight excluding hydrogens is 326 g/mol. The van der Waals surface area contributed by atoms with Gasteiger partial charge in [-0.2, -0.15) is 16.6 Å². The second kappa shape index (κ2) is 7.06. The molecule has 2 heterocycles. The average molecular weight is 339 g/mol. The van der Waals surface area contributed by atoms with Gasteiger partial charge in [0.05, 0.1) is 23.4 Å². The minimum atomic E-state index is -0.403. The molecule has 0 saturated heterocycles. The van der Waals surface area contributed by atoms with Crippen molar-refractivity contribution in [3.8, 4) is 6.07 Å². The SMILES string of the molecule is N#CCn1c(COC(=O)Cc2ccsc2)nc2ccccc2c1=O. The lowest BCUT2D eigenvalue weighted by Crippen LogP contribution is -2.26. The Hall–Kier alpha value is -2.98. The van der Waals surface area contributed by atoms with Crippen molar-refractivity contribution in [1.82, 2.24) is 9.55 Å². The van der Waals surface area contributed by atoms with Gasteiger partial charge in [0.15, 0.2) is 5.82 Å². The highest BCUT2D eigenvalue weighted by Gasteiger charge is 2.13. The van der Waals surface area contributed by atoms with E-state index in [-0.39, 0.29) is 31.0 Å². The standard InChI is InChI=1S/C17H13N3O3S/c18-6-7-20-15(10-23-16(21)9-12-5-8-24-11-12)19-14-4-2-1-3-13(14)17(20)22/h1-5,8,11H,7,9-10H2. The summed E-state index contributed by atoms with van der Waals surface area (Å²) in [5.41, 5.74) is 1.08. The van der Waals surface area contributed by atoms with E-state index in [1.165, 1.54) is 15.9 Å². The molecule has 7 heteroatoms. The molecule has 24 heavy (non-hydrogen) atoms. The van der Waals surface area contributed by atoms with Crippen LogP contribution < -0.4 is 5.56 Å². The molecule has 120 valence electrons. The maximum Gasteiger partial charge on any atom is 0.310 e. The van der Waals surface area contributed by atoms with Gasteiger partial charge in [0.25, 0.3) is 5.56 Å². The summed E-state index contributed by atoms with van der Waals surface area (Å²) in [5.74, 6) is -0.141. The molecule has 0 radical (unpaired) electrons. The lowest BCUT2D eigenvalue weighted by atomic mass is 10.2. The van der Waals surface area contributed by atoms with Gasteiger partial charge in [-0.15, -0.1) is 0 Å². The second-order valence-corrected chi connectivity index (χ2v) is 5.84. The largest absolute Gasteiger partial charge is 0.457 e. The number of hydrogen-bond donors (Lipinski definition) is 0. The number of rotatable bonds is 5. The van der Waals surface area contributed by atoms with Crippen LogP contribution in [-0.2, 0) is 29.1 Å². The Labute approximate surface area is 141 Å². The van der Waals surface area contributed by atoms with Gasteiger partial charge in [0, 0.05) is 0 Å². The fourth-order valence-electron chi connectivity index (χ4n) is 2.31. The number of para-hydroxylation sites is 1. The summed E-state index contributed by atoms with van der Waals surface area (Å²) in [6.45, 7) is -0.293. The molecule has 0 aliphatic heterocycles. The summed E-state index contributed by atoms with van der Waals surface area (Å²) in [4.78, 5) is 28.7. The number of aromatic nitrogens is 2. The van der Waals surface area contributed by atoms with Crippen LogP contribution in [0.25, 0.3) is 10.9 Å². The predicted octanol–water partition coefficient (Wildman–Crippen LogP) is 2.27. The highest BCUT2D eigenvalue weighted by Crippen LogP contribution is 2.10. The van der Waals surface area contributed by atoms with E-state index in [2.05, 4.69) is 4.98 Å². The summed E-state index contributed by atoms with van der Waals surface area (Å²) >= 11 is 1.51. The average Bonchev–Trinajstić information content (AvgIpc) is 3.09. The third-order valence-corrected chi connectivity index (χ3v) is 4.19. The minimum Gasteiger partial charge on any atom is -0.457 e. The Balaban J connectivity index is 1.85. The summed E-state index contributed by atoms with van der Waals surface area (Å²) < 4.78 is 6.46. The number of esters is 1. The number of fused-ring (bicyclic) bond motifs is 1. The summed E-state index contributed by atoms with van der Waals surface area (Å²) in [6.07, 6.45) is 0.166. The highest BCUT2D eigenvalue weighted by atomic mass is 32.1. The van der Waals surface area contributed by atoms with Gasteiger partial charge in [-0.25, -0.2) is 4.98 Å². The number of hydrogen-bond acceptors (Lipinski definition) is 6. The summed E-state index contributed by atoms with van der Waals surface area (Å²) in [7, 11) is 0. The van der Waals surface area contributed by atoms with E-state index < -0.39 is 5.97 Å². The van der Waals surface area contributed by atoms with Gasteiger partial charge >= 0.3 is 5.97 Å².